The minimum Gasteiger partial charge on any atom is -0.354 e. The Bertz CT molecular complexity index is 884. The number of nitrogens with zero attached hydrogens (tertiary/aromatic N) is 2. The van der Waals surface area contributed by atoms with E-state index in [1.54, 1.807) is 30.9 Å². The number of carbonyl (C=O) groups is 1. The number of pyridine rings is 2. The van der Waals surface area contributed by atoms with Gasteiger partial charge in [0.1, 0.15) is 0 Å². The van der Waals surface area contributed by atoms with Gasteiger partial charge in [-0.15, -0.1) is 0 Å². The summed E-state index contributed by atoms with van der Waals surface area (Å²) in [5.41, 5.74) is 4.28. The number of carbonyl (C=O) groups excluding carboxylic acids is 1. The molecule has 6 heteroatoms. The first-order valence-corrected chi connectivity index (χ1v) is 8.56. The number of rotatable bonds is 5. The lowest BCUT2D eigenvalue weighted by Gasteiger charge is -2.10. The van der Waals surface area contributed by atoms with Crippen molar-refractivity contribution < 1.29 is 4.79 Å². The molecule has 2 aromatic heterocycles. The highest BCUT2D eigenvalue weighted by Crippen LogP contribution is 2.23. The number of hydrogen-bond donors (Lipinski definition) is 2. The summed E-state index contributed by atoms with van der Waals surface area (Å²) in [6.07, 6.45) is 6.67. The zero-order valence-corrected chi connectivity index (χ0v) is 15.2. The van der Waals surface area contributed by atoms with Crippen molar-refractivity contribution in [3.63, 3.8) is 0 Å². The molecule has 1 aromatic carbocycles. The second-order valence-corrected chi connectivity index (χ2v) is 6.45. The number of benzene rings is 1. The fraction of sp³-hybridized carbons (Fsp3) is 0.105. The number of hydrogen-bond acceptors (Lipinski definition) is 4. The van der Waals surface area contributed by atoms with Crippen molar-refractivity contribution in [3.05, 3.63) is 82.3 Å². The summed E-state index contributed by atoms with van der Waals surface area (Å²) in [7, 11) is 0. The van der Waals surface area contributed by atoms with Crippen LogP contribution in [0.2, 0.25) is 0 Å². The molecular weight excluding hydrogens is 380 g/mol. The van der Waals surface area contributed by atoms with Gasteiger partial charge in [-0.2, -0.15) is 0 Å². The summed E-state index contributed by atoms with van der Waals surface area (Å²) in [6, 6.07) is 11.5. The van der Waals surface area contributed by atoms with Crippen molar-refractivity contribution in [2.75, 3.05) is 5.32 Å². The average molecular weight is 397 g/mol. The first-order valence-electron chi connectivity index (χ1n) is 7.77. The largest absolute Gasteiger partial charge is 0.354 e. The number of nitrogens with one attached hydrogen (secondary N) is 2. The Kier molecular flexibility index (Phi) is 5.40. The van der Waals surface area contributed by atoms with Crippen LogP contribution in [-0.2, 0) is 6.54 Å². The summed E-state index contributed by atoms with van der Waals surface area (Å²) in [4.78, 5) is 20.5. The number of halogens is 1. The van der Waals surface area contributed by atoms with E-state index < -0.39 is 0 Å². The highest BCUT2D eigenvalue weighted by molar-refractivity contribution is 9.10. The van der Waals surface area contributed by atoms with E-state index in [0.717, 1.165) is 27.0 Å². The zero-order valence-electron chi connectivity index (χ0n) is 13.7. The van der Waals surface area contributed by atoms with E-state index >= 15 is 0 Å². The Morgan fingerprint density at radius 2 is 1.96 bits per heavy atom. The van der Waals surface area contributed by atoms with Crippen molar-refractivity contribution >= 4 is 33.2 Å². The van der Waals surface area contributed by atoms with E-state index in [9.17, 15) is 4.79 Å². The summed E-state index contributed by atoms with van der Waals surface area (Å²) in [5.74, 6) is -0.174. The van der Waals surface area contributed by atoms with Crippen molar-refractivity contribution in [3.8, 4) is 0 Å². The fourth-order valence-electron chi connectivity index (χ4n) is 2.31. The Hall–Kier alpha value is -2.73. The molecule has 0 saturated heterocycles. The summed E-state index contributed by atoms with van der Waals surface area (Å²) < 4.78 is 1.06. The Morgan fingerprint density at radius 3 is 2.72 bits per heavy atom. The number of aromatic nitrogens is 2. The molecule has 0 spiro atoms. The van der Waals surface area contributed by atoms with Crippen molar-refractivity contribution in [1.82, 2.24) is 15.3 Å². The van der Waals surface area contributed by atoms with Crippen LogP contribution >= 0.6 is 15.9 Å². The lowest BCUT2D eigenvalue weighted by Crippen LogP contribution is -2.23. The van der Waals surface area contributed by atoms with Crippen LogP contribution < -0.4 is 10.6 Å². The van der Waals surface area contributed by atoms with Crippen LogP contribution in [0.15, 0.2) is 65.7 Å². The topological polar surface area (TPSA) is 66.9 Å². The Balaban J connectivity index is 1.68. The van der Waals surface area contributed by atoms with E-state index in [1.165, 1.54) is 0 Å². The molecule has 0 radical (unpaired) electrons. The maximum Gasteiger partial charge on any atom is 0.253 e. The lowest BCUT2D eigenvalue weighted by molar-refractivity contribution is 0.0950. The van der Waals surface area contributed by atoms with Gasteiger partial charge in [-0.1, -0.05) is 22.0 Å². The third kappa shape index (κ3) is 4.64. The molecule has 0 fully saturated rings. The van der Waals surface area contributed by atoms with Crippen LogP contribution in [0.1, 0.15) is 21.5 Å². The molecule has 0 aliphatic carbocycles. The first kappa shape index (κ1) is 17.1. The molecular formula is C19H17BrN4O. The molecule has 0 bridgehead atoms. The highest BCUT2D eigenvalue weighted by Gasteiger charge is 2.07. The molecule has 2 N–H and O–H groups in total. The molecule has 0 atom stereocenters. The minimum absolute atomic E-state index is 0.174. The standard InChI is InChI=1S/C19H17BrN4O/c1-13-7-16(4-5-18(13)20)24-17-8-15(11-22-12-17)19(25)23-10-14-3-2-6-21-9-14/h2-9,11-12,24H,10H2,1H3,(H,23,25). The minimum atomic E-state index is -0.174. The van der Waals surface area contributed by atoms with Crippen LogP contribution in [0.5, 0.6) is 0 Å². The van der Waals surface area contributed by atoms with Crippen molar-refractivity contribution in [2.24, 2.45) is 0 Å². The predicted molar refractivity (Wildman–Crippen MR) is 102 cm³/mol. The van der Waals surface area contributed by atoms with Crippen LogP contribution in [0, 0.1) is 6.92 Å². The quantitative estimate of drug-likeness (QED) is 0.677. The third-order valence-electron chi connectivity index (χ3n) is 3.62. The second-order valence-electron chi connectivity index (χ2n) is 5.60. The zero-order chi connectivity index (χ0) is 17.6. The van der Waals surface area contributed by atoms with Crippen molar-refractivity contribution in [1.29, 1.82) is 0 Å². The molecule has 0 saturated carbocycles. The number of aryl methyl sites for hydroxylation is 1. The third-order valence-corrected chi connectivity index (χ3v) is 4.51. The van der Waals surface area contributed by atoms with E-state index in [2.05, 4.69) is 36.5 Å². The van der Waals surface area contributed by atoms with Gasteiger partial charge in [0, 0.05) is 35.3 Å². The lowest BCUT2D eigenvalue weighted by atomic mass is 10.2. The Morgan fingerprint density at radius 1 is 1.08 bits per heavy atom. The van der Waals surface area contributed by atoms with Gasteiger partial charge < -0.3 is 10.6 Å². The van der Waals surface area contributed by atoms with Gasteiger partial charge in [0.05, 0.1) is 17.4 Å². The van der Waals surface area contributed by atoms with E-state index in [0.29, 0.717) is 12.1 Å². The molecule has 0 aliphatic heterocycles. The van der Waals surface area contributed by atoms with Gasteiger partial charge in [0.25, 0.3) is 5.91 Å². The van der Waals surface area contributed by atoms with Crippen LogP contribution in [-0.4, -0.2) is 15.9 Å². The van der Waals surface area contributed by atoms with Gasteiger partial charge in [0.2, 0.25) is 0 Å². The van der Waals surface area contributed by atoms with Crippen LogP contribution in [0.3, 0.4) is 0 Å². The molecule has 25 heavy (non-hydrogen) atoms. The summed E-state index contributed by atoms with van der Waals surface area (Å²) >= 11 is 3.48. The smallest absolute Gasteiger partial charge is 0.253 e. The van der Waals surface area contributed by atoms with Gasteiger partial charge in [-0.3, -0.25) is 14.8 Å². The molecule has 0 unspecified atom stereocenters. The maximum atomic E-state index is 12.3. The molecule has 3 aromatic rings. The molecule has 5 nitrogen and oxygen atoms in total. The maximum absolute atomic E-state index is 12.3. The second kappa shape index (κ2) is 7.90. The molecule has 1 amide bonds. The van der Waals surface area contributed by atoms with E-state index in [4.69, 9.17) is 0 Å². The number of amides is 1. The van der Waals surface area contributed by atoms with Crippen LogP contribution in [0.4, 0.5) is 11.4 Å². The molecule has 126 valence electrons. The van der Waals surface area contributed by atoms with Gasteiger partial charge in [0.15, 0.2) is 0 Å². The fourth-order valence-corrected chi connectivity index (χ4v) is 2.56. The number of anilines is 2. The monoisotopic (exact) mass is 396 g/mol. The average Bonchev–Trinajstić information content (AvgIpc) is 2.64. The van der Waals surface area contributed by atoms with Gasteiger partial charge >= 0.3 is 0 Å². The SMILES string of the molecule is Cc1cc(Nc2cncc(C(=O)NCc3cccnc3)c2)ccc1Br. The van der Waals surface area contributed by atoms with Gasteiger partial charge in [-0.25, -0.2) is 0 Å². The predicted octanol–water partition coefficient (Wildman–Crippen LogP) is 4.22. The summed E-state index contributed by atoms with van der Waals surface area (Å²) in [5, 5.41) is 6.14. The van der Waals surface area contributed by atoms with E-state index in [-0.39, 0.29) is 5.91 Å². The normalized spacial score (nSPS) is 10.3. The van der Waals surface area contributed by atoms with E-state index in [1.807, 2.05) is 37.3 Å². The summed E-state index contributed by atoms with van der Waals surface area (Å²) in [6.45, 7) is 2.45. The van der Waals surface area contributed by atoms with Crippen molar-refractivity contribution in [2.45, 2.75) is 13.5 Å². The molecule has 3 rings (SSSR count). The Labute approximate surface area is 154 Å². The van der Waals surface area contributed by atoms with Crippen LogP contribution in [0.25, 0.3) is 0 Å². The first-order chi connectivity index (χ1) is 12.1. The molecule has 2 heterocycles. The highest BCUT2D eigenvalue weighted by atomic mass is 79.9. The molecule has 0 aliphatic rings. The van der Waals surface area contributed by atoms with Gasteiger partial charge in [-0.05, 0) is 48.4 Å².